The molecule has 0 aromatic carbocycles. The number of hydrogen-bond acceptors (Lipinski definition) is 2. The van der Waals surface area contributed by atoms with Gasteiger partial charge in [-0.2, -0.15) is 0 Å². The molecule has 3 N–H and O–H groups in total. The first-order valence-electron chi connectivity index (χ1n) is 5.66. The van der Waals surface area contributed by atoms with Crippen LogP contribution in [-0.2, 0) is 4.79 Å². The molecule has 0 aliphatic heterocycles. The zero-order chi connectivity index (χ0) is 12.3. The Morgan fingerprint density at radius 1 is 1.27 bits per heavy atom. The normalized spacial score (nSPS) is 13.1. The Labute approximate surface area is 93.8 Å². The van der Waals surface area contributed by atoms with Crippen molar-refractivity contribution in [3.8, 4) is 0 Å². The number of carbonyl (C=O) groups is 1. The van der Waals surface area contributed by atoms with E-state index in [1.807, 2.05) is 27.7 Å². The molecule has 0 unspecified atom stereocenters. The first-order valence-corrected chi connectivity index (χ1v) is 5.66. The Balaban J connectivity index is 4.21. The molecule has 0 saturated heterocycles. The van der Waals surface area contributed by atoms with Crippen LogP contribution in [0.4, 0.5) is 0 Å². The topological polar surface area (TPSA) is 55.1 Å². The summed E-state index contributed by atoms with van der Waals surface area (Å²) in [4.78, 5) is 11.9. The van der Waals surface area contributed by atoms with Crippen LogP contribution in [0, 0.1) is 11.3 Å². The molecule has 1 amide bonds. The summed E-state index contributed by atoms with van der Waals surface area (Å²) in [5.41, 5.74) is 4.94. The second kappa shape index (κ2) is 4.97. The van der Waals surface area contributed by atoms with Crippen LogP contribution >= 0.6 is 0 Å². The van der Waals surface area contributed by atoms with E-state index in [1.165, 1.54) is 0 Å². The first kappa shape index (κ1) is 14.4. The number of hydrogen-bond donors (Lipinski definition) is 2. The van der Waals surface area contributed by atoms with Gasteiger partial charge in [0.05, 0.1) is 5.41 Å². The number of rotatable bonds is 5. The van der Waals surface area contributed by atoms with Gasteiger partial charge in [-0.15, -0.1) is 0 Å². The molecule has 90 valence electrons. The Hall–Kier alpha value is -0.570. The Morgan fingerprint density at radius 3 is 2.07 bits per heavy atom. The van der Waals surface area contributed by atoms with Crippen LogP contribution in [-0.4, -0.2) is 18.0 Å². The van der Waals surface area contributed by atoms with Crippen molar-refractivity contribution >= 4 is 5.91 Å². The molecule has 0 fully saturated rings. The summed E-state index contributed by atoms with van der Waals surface area (Å²) >= 11 is 0. The minimum atomic E-state index is -0.538. The highest BCUT2D eigenvalue weighted by Gasteiger charge is 2.40. The van der Waals surface area contributed by atoms with E-state index in [1.54, 1.807) is 0 Å². The lowest BCUT2D eigenvalue weighted by Gasteiger charge is -2.36. The van der Waals surface area contributed by atoms with Crippen molar-refractivity contribution in [1.29, 1.82) is 0 Å². The predicted molar refractivity (Wildman–Crippen MR) is 64.5 cm³/mol. The van der Waals surface area contributed by atoms with Crippen LogP contribution in [0.1, 0.15) is 48.0 Å². The van der Waals surface area contributed by atoms with Crippen LogP contribution in [0.5, 0.6) is 0 Å². The first-order chi connectivity index (χ1) is 6.59. The van der Waals surface area contributed by atoms with Gasteiger partial charge >= 0.3 is 0 Å². The Bertz CT molecular complexity index is 214. The molecular formula is C12H26N2O. The second-order valence-electron chi connectivity index (χ2n) is 5.79. The summed E-state index contributed by atoms with van der Waals surface area (Å²) in [6, 6.07) is 0. The standard InChI is InChI=1S/C12H26N2O/c1-9(2)7-8-14-10(15)11(3,4)12(5,6)13/h9H,7-8,13H2,1-6H3,(H,14,15). The molecule has 3 nitrogen and oxygen atoms in total. The van der Waals surface area contributed by atoms with Crippen LogP contribution in [0.15, 0.2) is 0 Å². The van der Waals surface area contributed by atoms with Gasteiger partial charge in [0.2, 0.25) is 5.91 Å². The average Bonchev–Trinajstić information content (AvgIpc) is 2.01. The van der Waals surface area contributed by atoms with Gasteiger partial charge in [0.15, 0.2) is 0 Å². The fourth-order valence-corrected chi connectivity index (χ4v) is 0.988. The van der Waals surface area contributed by atoms with Gasteiger partial charge in [-0.3, -0.25) is 4.79 Å². The molecule has 0 radical (unpaired) electrons. The minimum Gasteiger partial charge on any atom is -0.356 e. The van der Waals surface area contributed by atoms with E-state index in [4.69, 9.17) is 5.73 Å². The number of nitrogens with two attached hydrogens (primary N) is 1. The van der Waals surface area contributed by atoms with Crippen molar-refractivity contribution < 1.29 is 4.79 Å². The average molecular weight is 214 g/mol. The van der Waals surface area contributed by atoms with Gasteiger partial charge in [0.1, 0.15) is 0 Å². The SMILES string of the molecule is CC(C)CCNC(=O)C(C)(C)C(C)(C)N. The fraction of sp³-hybridized carbons (Fsp3) is 0.917. The molecular weight excluding hydrogens is 188 g/mol. The van der Waals surface area contributed by atoms with Crippen LogP contribution in [0.3, 0.4) is 0 Å². The van der Waals surface area contributed by atoms with Gasteiger partial charge in [-0.1, -0.05) is 13.8 Å². The second-order valence-corrected chi connectivity index (χ2v) is 5.79. The maximum Gasteiger partial charge on any atom is 0.227 e. The Kier molecular flexibility index (Phi) is 4.78. The molecule has 15 heavy (non-hydrogen) atoms. The highest BCUT2D eigenvalue weighted by Crippen LogP contribution is 2.28. The van der Waals surface area contributed by atoms with E-state index in [0.717, 1.165) is 13.0 Å². The molecule has 0 aliphatic carbocycles. The van der Waals surface area contributed by atoms with Crippen LogP contribution in [0.25, 0.3) is 0 Å². The van der Waals surface area contributed by atoms with Gasteiger partial charge in [-0.25, -0.2) is 0 Å². The summed E-state index contributed by atoms with van der Waals surface area (Å²) in [6.45, 7) is 12.6. The van der Waals surface area contributed by atoms with Gasteiger partial charge in [0, 0.05) is 12.1 Å². The molecule has 0 saturated carbocycles. The van der Waals surface area contributed by atoms with Crippen LogP contribution < -0.4 is 11.1 Å². The molecule has 0 aromatic heterocycles. The minimum absolute atomic E-state index is 0.0376. The van der Waals surface area contributed by atoms with Crippen molar-refractivity contribution in [2.24, 2.45) is 17.1 Å². The maximum atomic E-state index is 11.9. The van der Waals surface area contributed by atoms with Crippen molar-refractivity contribution in [2.75, 3.05) is 6.54 Å². The van der Waals surface area contributed by atoms with Crippen molar-refractivity contribution in [2.45, 2.75) is 53.5 Å². The summed E-state index contributed by atoms with van der Waals surface area (Å²) in [5.74, 6) is 0.648. The lowest BCUT2D eigenvalue weighted by molar-refractivity contribution is -0.132. The lowest BCUT2D eigenvalue weighted by atomic mass is 9.74. The quantitative estimate of drug-likeness (QED) is 0.734. The lowest BCUT2D eigenvalue weighted by Crippen LogP contribution is -2.55. The third-order valence-corrected chi connectivity index (χ3v) is 3.19. The monoisotopic (exact) mass is 214 g/mol. The van der Waals surface area contributed by atoms with E-state index in [0.29, 0.717) is 5.92 Å². The summed E-state index contributed by atoms with van der Waals surface area (Å²) < 4.78 is 0. The summed E-state index contributed by atoms with van der Waals surface area (Å²) in [6.07, 6.45) is 1.01. The Morgan fingerprint density at radius 2 is 1.73 bits per heavy atom. The highest BCUT2D eigenvalue weighted by atomic mass is 16.2. The number of amides is 1. The smallest absolute Gasteiger partial charge is 0.227 e. The van der Waals surface area contributed by atoms with Gasteiger partial charge in [-0.05, 0) is 40.0 Å². The van der Waals surface area contributed by atoms with Crippen LogP contribution in [0.2, 0.25) is 0 Å². The largest absolute Gasteiger partial charge is 0.356 e. The maximum absolute atomic E-state index is 11.9. The van der Waals surface area contributed by atoms with E-state index < -0.39 is 11.0 Å². The van der Waals surface area contributed by atoms with Gasteiger partial charge < -0.3 is 11.1 Å². The van der Waals surface area contributed by atoms with E-state index >= 15 is 0 Å². The highest BCUT2D eigenvalue weighted by molar-refractivity contribution is 5.83. The molecule has 0 rings (SSSR count). The van der Waals surface area contributed by atoms with E-state index in [9.17, 15) is 4.79 Å². The van der Waals surface area contributed by atoms with E-state index in [2.05, 4.69) is 19.2 Å². The predicted octanol–water partition coefficient (Wildman–Crippen LogP) is 1.91. The molecule has 0 atom stereocenters. The van der Waals surface area contributed by atoms with Crippen molar-refractivity contribution in [3.63, 3.8) is 0 Å². The number of nitrogens with one attached hydrogen (secondary N) is 1. The molecule has 0 bridgehead atoms. The fourth-order valence-electron chi connectivity index (χ4n) is 0.988. The summed E-state index contributed by atoms with van der Waals surface area (Å²) in [5, 5.41) is 2.94. The molecule has 0 spiro atoms. The molecule has 0 aromatic rings. The van der Waals surface area contributed by atoms with Gasteiger partial charge in [0.25, 0.3) is 0 Å². The zero-order valence-corrected chi connectivity index (χ0v) is 11.0. The van der Waals surface area contributed by atoms with E-state index in [-0.39, 0.29) is 5.91 Å². The number of carbonyl (C=O) groups excluding carboxylic acids is 1. The van der Waals surface area contributed by atoms with Crippen molar-refractivity contribution in [3.05, 3.63) is 0 Å². The molecule has 0 aliphatic rings. The molecule has 0 heterocycles. The third kappa shape index (κ3) is 4.20. The summed E-state index contributed by atoms with van der Waals surface area (Å²) in [7, 11) is 0. The third-order valence-electron chi connectivity index (χ3n) is 3.19. The molecule has 3 heteroatoms. The zero-order valence-electron chi connectivity index (χ0n) is 11.0. The van der Waals surface area contributed by atoms with Crippen molar-refractivity contribution in [1.82, 2.24) is 5.32 Å².